The van der Waals surface area contributed by atoms with E-state index in [2.05, 4.69) is 4.98 Å². The molecular formula is C16H20N2O2. The number of H-pyrrole nitrogens is 1. The fraction of sp³-hybridized carbons (Fsp3) is 0.438. The van der Waals surface area contributed by atoms with E-state index in [0.717, 1.165) is 43.3 Å². The Morgan fingerprint density at radius 3 is 2.75 bits per heavy atom. The molecule has 3 rings (SSSR count). The number of amides is 1. The number of carbonyl (C=O) groups excluding carboxylic acids is 1. The summed E-state index contributed by atoms with van der Waals surface area (Å²) >= 11 is 0. The van der Waals surface area contributed by atoms with E-state index < -0.39 is 0 Å². The molecule has 2 heterocycles. The number of hydrogen-bond acceptors (Lipinski definition) is 2. The monoisotopic (exact) mass is 272 g/mol. The SMILES string of the molecule is O=C(c1cc2ccccc2[nH]1)N1CCC(CCO)CC1. The number of fused-ring (bicyclic) bond motifs is 1. The number of aliphatic hydroxyl groups excluding tert-OH is 1. The highest BCUT2D eigenvalue weighted by Crippen LogP contribution is 2.22. The normalized spacial score (nSPS) is 16.8. The average molecular weight is 272 g/mol. The number of rotatable bonds is 3. The van der Waals surface area contributed by atoms with Gasteiger partial charge in [-0.15, -0.1) is 0 Å². The first kappa shape index (κ1) is 13.2. The number of piperidine rings is 1. The Morgan fingerprint density at radius 2 is 2.05 bits per heavy atom. The minimum absolute atomic E-state index is 0.0867. The maximum atomic E-state index is 12.5. The zero-order valence-electron chi connectivity index (χ0n) is 11.5. The lowest BCUT2D eigenvalue weighted by Crippen LogP contribution is -2.38. The number of aromatic amines is 1. The molecule has 2 aromatic rings. The van der Waals surface area contributed by atoms with Gasteiger partial charge >= 0.3 is 0 Å². The molecule has 20 heavy (non-hydrogen) atoms. The van der Waals surface area contributed by atoms with E-state index >= 15 is 0 Å². The molecule has 0 aliphatic carbocycles. The molecular weight excluding hydrogens is 252 g/mol. The topological polar surface area (TPSA) is 56.3 Å². The number of benzene rings is 1. The molecule has 1 aliphatic rings. The van der Waals surface area contributed by atoms with Crippen LogP contribution in [0.3, 0.4) is 0 Å². The second-order valence-corrected chi connectivity index (χ2v) is 5.52. The van der Waals surface area contributed by atoms with Crippen molar-refractivity contribution < 1.29 is 9.90 Å². The summed E-state index contributed by atoms with van der Waals surface area (Å²) in [4.78, 5) is 17.6. The van der Waals surface area contributed by atoms with Gasteiger partial charge in [-0.3, -0.25) is 4.79 Å². The Kier molecular flexibility index (Phi) is 3.74. The molecule has 0 atom stereocenters. The Morgan fingerprint density at radius 1 is 1.30 bits per heavy atom. The quantitative estimate of drug-likeness (QED) is 0.901. The molecule has 4 nitrogen and oxygen atoms in total. The van der Waals surface area contributed by atoms with Gasteiger partial charge in [-0.2, -0.15) is 0 Å². The van der Waals surface area contributed by atoms with Gasteiger partial charge in [-0.1, -0.05) is 18.2 Å². The third kappa shape index (κ3) is 2.56. The number of para-hydroxylation sites is 1. The number of nitrogens with zero attached hydrogens (tertiary/aromatic N) is 1. The molecule has 0 bridgehead atoms. The van der Waals surface area contributed by atoms with Crippen molar-refractivity contribution in [2.24, 2.45) is 5.92 Å². The van der Waals surface area contributed by atoms with E-state index in [4.69, 9.17) is 5.11 Å². The Balaban J connectivity index is 1.70. The van der Waals surface area contributed by atoms with Gasteiger partial charge in [0.1, 0.15) is 5.69 Å². The van der Waals surface area contributed by atoms with Crippen LogP contribution in [0.25, 0.3) is 10.9 Å². The molecule has 2 N–H and O–H groups in total. The smallest absolute Gasteiger partial charge is 0.270 e. The third-order valence-corrected chi connectivity index (χ3v) is 4.20. The number of aliphatic hydroxyl groups is 1. The highest BCUT2D eigenvalue weighted by molar-refractivity contribution is 5.98. The second-order valence-electron chi connectivity index (χ2n) is 5.52. The summed E-state index contributed by atoms with van der Waals surface area (Å²) in [6, 6.07) is 9.87. The van der Waals surface area contributed by atoms with Gasteiger partial charge in [-0.25, -0.2) is 0 Å². The standard InChI is InChI=1S/C16H20N2O2/c19-10-7-12-5-8-18(9-6-12)16(20)15-11-13-3-1-2-4-14(13)17-15/h1-4,11-12,17,19H,5-10H2. The van der Waals surface area contributed by atoms with Gasteiger partial charge in [0.05, 0.1) is 0 Å². The maximum Gasteiger partial charge on any atom is 0.270 e. The minimum atomic E-state index is 0.0867. The third-order valence-electron chi connectivity index (χ3n) is 4.20. The van der Waals surface area contributed by atoms with Crippen LogP contribution in [0.2, 0.25) is 0 Å². The molecule has 1 amide bonds. The fourth-order valence-electron chi connectivity index (χ4n) is 2.97. The van der Waals surface area contributed by atoms with Crippen LogP contribution in [-0.2, 0) is 0 Å². The van der Waals surface area contributed by atoms with Crippen molar-refractivity contribution >= 4 is 16.8 Å². The van der Waals surface area contributed by atoms with E-state index in [1.165, 1.54) is 0 Å². The molecule has 4 heteroatoms. The average Bonchev–Trinajstić information content (AvgIpc) is 2.91. The van der Waals surface area contributed by atoms with Crippen LogP contribution >= 0.6 is 0 Å². The van der Waals surface area contributed by atoms with Crippen LogP contribution in [0, 0.1) is 5.92 Å². The van der Waals surface area contributed by atoms with E-state index in [1.54, 1.807) is 0 Å². The fourth-order valence-corrected chi connectivity index (χ4v) is 2.97. The van der Waals surface area contributed by atoms with Gasteiger partial charge in [-0.05, 0) is 37.3 Å². The van der Waals surface area contributed by atoms with Crippen molar-refractivity contribution in [1.82, 2.24) is 9.88 Å². The number of aromatic nitrogens is 1. The lowest BCUT2D eigenvalue weighted by molar-refractivity contribution is 0.0673. The first-order chi connectivity index (χ1) is 9.78. The first-order valence-corrected chi connectivity index (χ1v) is 7.26. The molecule has 1 fully saturated rings. The highest BCUT2D eigenvalue weighted by Gasteiger charge is 2.24. The van der Waals surface area contributed by atoms with Crippen molar-refractivity contribution in [2.75, 3.05) is 19.7 Å². The van der Waals surface area contributed by atoms with Gasteiger partial charge in [0.15, 0.2) is 0 Å². The number of nitrogens with one attached hydrogen (secondary N) is 1. The molecule has 1 aromatic heterocycles. The highest BCUT2D eigenvalue weighted by atomic mass is 16.3. The zero-order chi connectivity index (χ0) is 13.9. The number of hydrogen-bond donors (Lipinski definition) is 2. The zero-order valence-corrected chi connectivity index (χ0v) is 11.5. The van der Waals surface area contributed by atoms with Gasteiger partial charge in [0.25, 0.3) is 5.91 Å². The van der Waals surface area contributed by atoms with Crippen molar-refractivity contribution in [3.05, 3.63) is 36.0 Å². The molecule has 1 saturated heterocycles. The molecule has 0 spiro atoms. The summed E-state index contributed by atoms with van der Waals surface area (Å²) in [5.41, 5.74) is 1.68. The Hall–Kier alpha value is -1.81. The van der Waals surface area contributed by atoms with Gasteiger partial charge < -0.3 is 15.0 Å². The molecule has 0 saturated carbocycles. The van der Waals surface area contributed by atoms with Crippen molar-refractivity contribution in [3.63, 3.8) is 0 Å². The van der Waals surface area contributed by atoms with E-state index in [-0.39, 0.29) is 12.5 Å². The molecule has 1 aliphatic heterocycles. The van der Waals surface area contributed by atoms with Crippen LogP contribution < -0.4 is 0 Å². The predicted molar refractivity (Wildman–Crippen MR) is 78.6 cm³/mol. The van der Waals surface area contributed by atoms with Crippen molar-refractivity contribution in [2.45, 2.75) is 19.3 Å². The van der Waals surface area contributed by atoms with E-state index in [9.17, 15) is 4.79 Å². The van der Waals surface area contributed by atoms with E-state index in [1.807, 2.05) is 35.2 Å². The lowest BCUT2D eigenvalue weighted by atomic mass is 9.94. The summed E-state index contributed by atoms with van der Waals surface area (Å²) in [6.45, 7) is 1.83. The maximum absolute atomic E-state index is 12.5. The summed E-state index contributed by atoms with van der Waals surface area (Å²) in [7, 11) is 0. The summed E-state index contributed by atoms with van der Waals surface area (Å²) in [5.74, 6) is 0.649. The summed E-state index contributed by atoms with van der Waals surface area (Å²) in [6.07, 6.45) is 2.84. The van der Waals surface area contributed by atoms with Crippen LogP contribution in [0.4, 0.5) is 0 Å². The predicted octanol–water partition coefficient (Wildman–Crippen LogP) is 2.40. The number of likely N-dealkylation sites (tertiary alicyclic amines) is 1. The molecule has 106 valence electrons. The van der Waals surface area contributed by atoms with Gasteiger partial charge in [0.2, 0.25) is 0 Å². The molecule has 0 unspecified atom stereocenters. The van der Waals surface area contributed by atoms with Crippen LogP contribution in [-0.4, -0.2) is 40.6 Å². The van der Waals surface area contributed by atoms with E-state index in [0.29, 0.717) is 11.6 Å². The van der Waals surface area contributed by atoms with Gasteiger partial charge in [0, 0.05) is 30.6 Å². The van der Waals surface area contributed by atoms with Crippen molar-refractivity contribution in [3.8, 4) is 0 Å². The second kappa shape index (κ2) is 5.67. The number of carbonyl (C=O) groups is 1. The van der Waals surface area contributed by atoms with Crippen molar-refractivity contribution in [1.29, 1.82) is 0 Å². The Bertz CT molecular complexity index is 564. The molecule has 1 aromatic carbocycles. The first-order valence-electron chi connectivity index (χ1n) is 7.26. The summed E-state index contributed by atoms with van der Waals surface area (Å²) < 4.78 is 0. The van der Waals surface area contributed by atoms with Crippen LogP contribution in [0.15, 0.2) is 30.3 Å². The van der Waals surface area contributed by atoms with Crippen LogP contribution in [0.1, 0.15) is 29.8 Å². The largest absolute Gasteiger partial charge is 0.396 e. The Labute approximate surface area is 118 Å². The minimum Gasteiger partial charge on any atom is -0.396 e. The lowest BCUT2D eigenvalue weighted by Gasteiger charge is -2.31. The summed E-state index contributed by atoms with van der Waals surface area (Å²) in [5, 5.41) is 10.0. The molecule has 0 radical (unpaired) electrons. The van der Waals surface area contributed by atoms with Crippen LogP contribution in [0.5, 0.6) is 0 Å².